The lowest BCUT2D eigenvalue weighted by Gasteiger charge is -2.58. The summed E-state index contributed by atoms with van der Waals surface area (Å²) in [5.41, 5.74) is 0.586. The first kappa shape index (κ1) is 10.4. The van der Waals surface area contributed by atoms with Gasteiger partial charge in [-0.3, -0.25) is 0 Å². The summed E-state index contributed by atoms with van der Waals surface area (Å²) in [4.78, 5) is 0. The molecule has 0 aromatic carbocycles. The first-order chi connectivity index (χ1) is 6.51. The molecule has 2 nitrogen and oxygen atoms in total. The molecule has 2 heteroatoms. The van der Waals surface area contributed by atoms with Crippen molar-refractivity contribution in [2.75, 3.05) is 13.4 Å². The zero-order valence-electron chi connectivity index (χ0n) is 9.80. The molecule has 0 amide bonds. The van der Waals surface area contributed by atoms with E-state index in [-0.39, 0.29) is 5.60 Å². The average Bonchev–Trinajstić information content (AvgIpc) is 2.46. The fourth-order valence-electron chi connectivity index (χ4n) is 3.27. The molecule has 2 fully saturated rings. The Labute approximate surface area is 87.0 Å². The van der Waals surface area contributed by atoms with Crippen LogP contribution in [0.2, 0.25) is 0 Å². The maximum Gasteiger partial charge on any atom is 0.147 e. The number of hydrogen-bond acceptors (Lipinski definition) is 2. The minimum Gasteiger partial charge on any atom is -0.352 e. The van der Waals surface area contributed by atoms with Crippen LogP contribution in [-0.2, 0) is 9.47 Å². The Morgan fingerprint density at radius 2 is 1.57 bits per heavy atom. The highest BCUT2D eigenvalue weighted by atomic mass is 16.7. The zero-order chi connectivity index (χ0) is 10.4. The van der Waals surface area contributed by atoms with Gasteiger partial charge in [-0.1, -0.05) is 27.7 Å². The van der Waals surface area contributed by atoms with Gasteiger partial charge in [0.2, 0.25) is 0 Å². The van der Waals surface area contributed by atoms with Crippen LogP contribution >= 0.6 is 0 Å². The van der Waals surface area contributed by atoms with Gasteiger partial charge in [0, 0.05) is 0 Å². The first-order valence-electron chi connectivity index (χ1n) is 5.72. The molecule has 1 heterocycles. The van der Waals surface area contributed by atoms with E-state index in [1.54, 1.807) is 0 Å². The van der Waals surface area contributed by atoms with Gasteiger partial charge in [0.1, 0.15) is 6.79 Å². The van der Waals surface area contributed by atoms with E-state index in [0.717, 1.165) is 18.4 Å². The minimum atomic E-state index is 0.0918. The molecule has 2 aliphatic rings. The highest BCUT2D eigenvalue weighted by Crippen LogP contribution is 2.60. The van der Waals surface area contributed by atoms with Crippen LogP contribution in [-0.4, -0.2) is 19.0 Å². The lowest BCUT2D eigenvalue weighted by atomic mass is 9.50. The van der Waals surface area contributed by atoms with Crippen molar-refractivity contribution in [1.82, 2.24) is 0 Å². The van der Waals surface area contributed by atoms with Crippen LogP contribution in [0.25, 0.3) is 0 Å². The van der Waals surface area contributed by atoms with Crippen molar-refractivity contribution in [2.45, 2.75) is 46.1 Å². The third-order valence-corrected chi connectivity index (χ3v) is 4.42. The van der Waals surface area contributed by atoms with Crippen molar-refractivity contribution in [1.29, 1.82) is 0 Å². The third-order valence-electron chi connectivity index (χ3n) is 4.42. The normalized spacial score (nSPS) is 28.7. The van der Waals surface area contributed by atoms with E-state index in [9.17, 15) is 0 Å². The summed E-state index contributed by atoms with van der Waals surface area (Å²) in [6, 6.07) is 0. The summed E-state index contributed by atoms with van der Waals surface area (Å²) in [5, 5.41) is 0. The maximum atomic E-state index is 5.71. The van der Waals surface area contributed by atoms with Crippen molar-refractivity contribution in [3.8, 4) is 0 Å². The number of rotatable bonds is 2. The third kappa shape index (κ3) is 1.31. The molecule has 0 bridgehead atoms. The smallest absolute Gasteiger partial charge is 0.147 e. The summed E-state index contributed by atoms with van der Waals surface area (Å²) < 4.78 is 11.0. The van der Waals surface area contributed by atoms with Crippen LogP contribution < -0.4 is 0 Å². The lowest BCUT2D eigenvalue weighted by Crippen LogP contribution is -2.58. The van der Waals surface area contributed by atoms with Gasteiger partial charge in [-0.15, -0.1) is 0 Å². The highest BCUT2D eigenvalue weighted by Gasteiger charge is 2.59. The number of ether oxygens (including phenoxy) is 2. The average molecular weight is 198 g/mol. The van der Waals surface area contributed by atoms with Crippen LogP contribution in [0.4, 0.5) is 0 Å². The first-order valence-corrected chi connectivity index (χ1v) is 5.72. The molecule has 14 heavy (non-hydrogen) atoms. The molecule has 1 aliphatic heterocycles. The standard InChI is InChI=1S/C12H22O2/c1-9(2)12(10(3)4)5-11(6-12)7-13-8-14-11/h9-10H,5-8H2,1-4H3. The van der Waals surface area contributed by atoms with Crippen LogP contribution in [0, 0.1) is 17.3 Å². The van der Waals surface area contributed by atoms with E-state index in [1.807, 2.05) is 0 Å². The molecule has 1 aliphatic carbocycles. The van der Waals surface area contributed by atoms with Crippen LogP contribution in [0.1, 0.15) is 40.5 Å². The molecule has 0 radical (unpaired) electrons. The molecule has 1 saturated carbocycles. The Morgan fingerprint density at radius 1 is 1.00 bits per heavy atom. The van der Waals surface area contributed by atoms with Crippen molar-refractivity contribution < 1.29 is 9.47 Å². The SMILES string of the molecule is CC(C)C1(C(C)C)CC2(COCO2)C1. The van der Waals surface area contributed by atoms with Gasteiger partial charge in [-0.2, -0.15) is 0 Å². The molecular formula is C12H22O2. The Balaban J connectivity index is 2.06. The topological polar surface area (TPSA) is 18.5 Å². The molecule has 0 aromatic heterocycles. The Bertz CT molecular complexity index is 196. The van der Waals surface area contributed by atoms with Gasteiger partial charge in [-0.25, -0.2) is 0 Å². The number of hydrogen-bond donors (Lipinski definition) is 0. The molecule has 1 saturated heterocycles. The monoisotopic (exact) mass is 198 g/mol. The van der Waals surface area contributed by atoms with Crippen molar-refractivity contribution >= 4 is 0 Å². The van der Waals surface area contributed by atoms with Gasteiger partial charge in [-0.05, 0) is 30.1 Å². The summed E-state index contributed by atoms with van der Waals surface area (Å²) in [6.07, 6.45) is 2.38. The van der Waals surface area contributed by atoms with E-state index in [0.29, 0.717) is 12.2 Å². The Kier molecular flexibility index (Phi) is 2.39. The molecule has 0 aromatic rings. The predicted octanol–water partition coefficient (Wildman–Crippen LogP) is 2.82. The second kappa shape index (κ2) is 3.21. The fraction of sp³-hybridized carbons (Fsp3) is 1.00. The van der Waals surface area contributed by atoms with Crippen molar-refractivity contribution in [2.24, 2.45) is 17.3 Å². The van der Waals surface area contributed by atoms with Gasteiger partial charge in [0.25, 0.3) is 0 Å². The van der Waals surface area contributed by atoms with Crippen molar-refractivity contribution in [3.63, 3.8) is 0 Å². The van der Waals surface area contributed by atoms with E-state index in [4.69, 9.17) is 9.47 Å². The van der Waals surface area contributed by atoms with E-state index in [2.05, 4.69) is 27.7 Å². The molecule has 2 rings (SSSR count). The Hall–Kier alpha value is -0.0800. The quantitative estimate of drug-likeness (QED) is 0.679. The predicted molar refractivity (Wildman–Crippen MR) is 56.0 cm³/mol. The van der Waals surface area contributed by atoms with Gasteiger partial charge < -0.3 is 9.47 Å². The van der Waals surface area contributed by atoms with Gasteiger partial charge in [0.15, 0.2) is 0 Å². The molecule has 82 valence electrons. The zero-order valence-corrected chi connectivity index (χ0v) is 9.80. The second-order valence-electron chi connectivity index (χ2n) is 5.69. The van der Waals surface area contributed by atoms with Gasteiger partial charge >= 0.3 is 0 Å². The van der Waals surface area contributed by atoms with Crippen LogP contribution in [0.5, 0.6) is 0 Å². The maximum absolute atomic E-state index is 5.71. The fourth-order valence-corrected chi connectivity index (χ4v) is 3.27. The molecular weight excluding hydrogens is 176 g/mol. The van der Waals surface area contributed by atoms with Crippen LogP contribution in [0.3, 0.4) is 0 Å². The largest absolute Gasteiger partial charge is 0.352 e. The summed E-state index contributed by atoms with van der Waals surface area (Å²) >= 11 is 0. The van der Waals surface area contributed by atoms with E-state index >= 15 is 0 Å². The summed E-state index contributed by atoms with van der Waals surface area (Å²) in [7, 11) is 0. The van der Waals surface area contributed by atoms with E-state index < -0.39 is 0 Å². The van der Waals surface area contributed by atoms with E-state index in [1.165, 1.54) is 12.8 Å². The minimum absolute atomic E-state index is 0.0918. The van der Waals surface area contributed by atoms with Crippen LogP contribution in [0.15, 0.2) is 0 Å². The van der Waals surface area contributed by atoms with Crippen molar-refractivity contribution in [3.05, 3.63) is 0 Å². The molecule has 0 unspecified atom stereocenters. The Morgan fingerprint density at radius 3 is 1.93 bits per heavy atom. The molecule has 1 spiro atoms. The lowest BCUT2D eigenvalue weighted by molar-refractivity contribution is -0.170. The molecule has 0 N–H and O–H groups in total. The second-order valence-corrected chi connectivity index (χ2v) is 5.69. The summed E-state index contributed by atoms with van der Waals surface area (Å²) in [5.74, 6) is 1.50. The van der Waals surface area contributed by atoms with Gasteiger partial charge in [0.05, 0.1) is 12.2 Å². The summed E-state index contributed by atoms with van der Waals surface area (Å²) in [6.45, 7) is 10.7. The molecule has 0 atom stereocenters. The highest BCUT2D eigenvalue weighted by molar-refractivity contribution is 5.08.